The van der Waals surface area contributed by atoms with Crippen molar-refractivity contribution < 1.29 is 9.53 Å². The molecule has 3 fully saturated rings. The summed E-state index contributed by atoms with van der Waals surface area (Å²) in [5, 5.41) is 0. The van der Waals surface area contributed by atoms with Crippen molar-refractivity contribution in [2.75, 3.05) is 58.4 Å². The van der Waals surface area contributed by atoms with E-state index in [1.54, 1.807) is 6.20 Å². The average molecular weight is 417 g/mol. The third-order valence-electron chi connectivity index (χ3n) is 5.84. The fraction of sp³-hybridized carbons (Fsp3) is 0.684. The second-order valence-corrected chi connectivity index (χ2v) is 7.75. The van der Waals surface area contributed by atoms with E-state index in [0.717, 1.165) is 30.7 Å². The second kappa shape index (κ2) is 9.41. The summed E-state index contributed by atoms with van der Waals surface area (Å²) in [5.74, 6) is 2.69. The van der Waals surface area contributed by atoms with E-state index in [9.17, 15) is 4.79 Å². The first-order valence-electron chi connectivity index (χ1n) is 9.38. The number of hydrogen-bond donors (Lipinski definition) is 0. The van der Waals surface area contributed by atoms with E-state index in [0.29, 0.717) is 37.9 Å². The van der Waals surface area contributed by atoms with Crippen LogP contribution in [0.4, 0.5) is 5.82 Å². The molecule has 0 N–H and O–H groups in total. The Morgan fingerprint density at radius 3 is 2.41 bits per heavy atom. The van der Waals surface area contributed by atoms with Crippen LogP contribution in [0, 0.1) is 11.8 Å². The van der Waals surface area contributed by atoms with Crippen LogP contribution in [0.3, 0.4) is 0 Å². The van der Waals surface area contributed by atoms with Crippen molar-refractivity contribution in [1.82, 2.24) is 14.8 Å². The van der Waals surface area contributed by atoms with Gasteiger partial charge in [-0.05, 0) is 50.9 Å². The maximum absolute atomic E-state index is 12.5. The molecule has 0 radical (unpaired) electrons. The molecule has 8 heteroatoms. The zero-order valence-electron chi connectivity index (χ0n) is 16.0. The Hall–Kier alpha value is -1.08. The molecular formula is C19H30Cl2N4O2. The van der Waals surface area contributed by atoms with E-state index >= 15 is 0 Å². The maximum Gasteiger partial charge on any atom is 0.255 e. The van der Waals surface area contributed by atoms with Crippen LogP contribution in [-0.4, -0.2) is 80.2 Å². The lowest BCUT2D eigenvalue weighted by Gasteiger charge is -2.27. The number of pyridine rings is 1. The van der Waals surface area contributed by atoms with E-state index in [-0.39, 0.29) is 30.7 Å². The van der Waals surface area contributed by atoms with Gasteiger partial charge in [0.2, 0.25) is 0 Å². The van der Waals surface area contributed by atoms with Crippen LogP contribution < -0.4 is 4.90 Å². The number of morpholine rings is 1. The van der Waals surface area contributed by atoms with Crippen molar-refractivity contribution >= 4 is 36.5 Å². The molecule has 1 aromatic rings. The smallest absolute Gasteiger partial charge is 0.255 e. The largest absolute Gasteiger partial charge is 0.378 e. The molecule has 0 spiro atoms. The SMILES string of the molecule is CN(C)[C@H]1CN(c2ccc(C(=O)N3CCOCC3)cn2)C[C@@H]1C1CC1.Cl.Cl. The summed E-state index contributed by atoms with van der Waals surface area (Å²) in [7, 11) is 4.36. The Morgan fingerprint density at radius 2 is 1.85 bits per heavy atom. The number of anilines is 1. The number of carbonyl (C=O) groups excluding carboxylic acids is 1. The summed E-state index contributed by atoms with van der Waals surface area (Å²) in [6, 6.07) is 4.54. The van der Waals surface area contributed by atoms with Gasteiger partial charge in [0.25, 0.3) is 5.91 Å². The second-order valence-electron chi connectivity index (χ2n) is 7.75. The number of carbonyl (C=O) groups is 1. The minimum atomic E-state index is 0. The lowest BCUT2D eigenvalue weighted by Crippen LogP contribution is -2.40. The van der Waals surface area contributed by atoms with Crippen molar-refractivity contribution in [3.63, 3.8) is 0 Å². The predicted molar refractivity (Wildman–Crippen MR) is 111 cm³/mol. The molecule has 27 heavy (non-hydrogen) atoms. The van der Waals surface area contributed by atoms with Gasteiger partial charge < -0.3 is 19.4 Å². The average Bonchev–Trinajstić information content (AvgIpc) is 3.40. The highest BCUT2D eigenvalue weighted by molar-refractivity contribution is 5.94. The van der Waals surface area contributed by atoms with Crippen LogP contribution in [0.25, 0.3) is 0 Å². The minimum Gasteiger partial charge on any atom is -0.378 e. The van der Waals surface area contributed by atoms with E-state index in [1.807, 2.05) is 17.0 Å². The Bertz CT molecular complexity index is 609. The molecule has 152 valence electrons. The van der Waals surface area contributed by atoms with Crippen molar-refractivity contribution in [1.29, 1.82) is 0 Å². The Morgan fingerprint density at radius 1 is 1.15 bits per heavy atom. The minimum absolute atomic E-state index is 0. The van der Waals surface area contributed by atoms with Crippen molar-refractivity contribution in [2.24, 2.45) is 11.8 Å². The summed E-state index contributed by atoms with van der Waals surface area (Å²) in [6.45, 7) is 4.69. The number of aromatic nitrogens is 1. The number of hydrogen-bond acceptors (Lipinski definition) is 5. The molecule has 0 unspecified atom stereocenters. The van der Waals surface area contributed by atoms with Gasteiger partial charge in [-0.3, -0.25) is 4.79 Å². The van der Waals surface area contributed by atoms with Crippen molar-refractivity contribution in [2.45, 2.75) is 18.9 Å². The van der Waals surface area contributed by atoms with Gasteiger partial charge in [0.1, 0.15) is 5.82 Å². The number of rotatable bonds is 4. The van der Waals surface area contributed by atoms with Gasteiger partial charge in [-0.25, -0.2) is 4.98 Å². The van der Waals surface area contributed by atoms with Crippen LogP contribution in [0.15, 0.2) is 18.3 Å². The molecule has 3 aliphatic rings. The molecular weight excluding hydrogens is 387 g/mol. The van der Waals surface area contributed by atoms with Crippen LogP contribution in [-0.2, 0) is 4.74 Å². The Labute approximate surface area is 174 Å². The fourth-order valence-electron chi connectivity index (χ4n) is 4.18. The monoisotopic (exact) mass is 416 g/mol. The van der Waals surface area contributed by atoms with Gasteiger partial charge in [0, 0.05) is 38.4 Å². The highest BCUT2D eigenvalue weighted by atomic mass is 35.5. The fourth-order valence-corrected chi connectivity index (χ4v) is 4.18. The topological polar surface area (TPSA) is 48.9 Å². The van der Waals surface area contributed by atoms with Crippen molar-refractivity contribution in [3.05, 3.63) is 23.9 Å². The highest BCUT2D eigenvalue weighted by Gasteiger charge is 2.43. The number of likely N-dealkylation sites (N-methyl/N-ethyl adjacent to an activating group) is 1. The molecule has 3 heterocycles. The number of ether oxygens (including phenoxy) is 1. The zero-order chi connectivity index (χ0) is 17.4. The zero-order valence-corrected chi connectivity index (χ0v) is 17.7. The molecule has 6 nitrogen and oxygen atoms in total. The van der Waals surface area contributed by atoms with E-state index in [1.165, 1.54) is 12.8 Å². The molecule has 1 amide bonds. The molecule has 4 rings (SSSR count). The van der Waals surface area contributed by atoms with Crippen LogP contribution in [0.1, 0.15) is 23.2 Å². The molecule has 1 aliphatic carbocycles. The summed E-state index contributed by atoms with van der Waals surface area (Å²) in [5.41, 5.74) is 0.674. The molecule has 0 bridgehead atoms. The van der Waals surface area contributed by atoms with Crippen LogP contribution in [0.2, 0.25) is 0 Å². The summed E-state index contributed by atoms with van der Waals surface area (Å²) in [4.78, 5) is 23.7. The van der Waals surface area contributed by atoms with Crippen LogP contribution in [0.5, 0.6) is 0 Å². The van der Waals surface area contributed by atoms with Gasteiger partial charge in [-0.1, -0.05) is 0 Å². The van der Waals surface area contributed by atoms with E-state index in [2.05, 4.69) is 28.9 Å². The molecule has 1 aromatic heterocycles. The molecule has 2 atom stereocenters. The lowest BCUT2D eigenvalue weighted by molar-refractivity contribution is 0.0302. The highest BCUT2D eigenvalue weighted by Crippen LogP contribution is 2.43. The molecule has 2 aliphatic heterocycles. The first-order chi connectivity index (χ1) is 12.1. The first kappa shape index (κ1) is 22.2. The summed E-state index contributed by atoms with van der Waals surface area (Å²) < 4.78 is 5.32. The van der Waals surface area contributed by atoms with Gasteiger partial charge >= 0.3 is 0 Å². The Kier molecular flexibility index (Phi) is 7.74. The molecule has 1 saturated carbocycles. The lowest BCUT2D eigenvalue weighted by atomic mass is 9.97. The molecule has 0 aromatic carbocycles. The third-order valence-corrected chi connectivity index (χ3v) is 5.84. The Balaban J connectivity index is 0.00000131. The van der Waals surface area contributed by atoms with E-state index in [4.69, 9.17) is 4.74 Å². The van der Waals surface area contributed by atoms with Gasteiger partial charge in [-0.15, -0.1) is 24.8 Å². The normalized spacial score (nSPS) is 25.1. The van der Waals surface area contributed by atoms with Gasteiger partial charge in [-0.2, -0.15) is 0 Å². The summed E-state index contributed by atoms with van der Waals surface area (Å²) >= 11 is 0. The van der Waals surface area contributed by atoms with Gasteiger partial charge in [0.15, 0.2) is 0 Å². The predicted octanol–water partition coefficient (Wildman–Crippen LogP) is 2.17. The first-order valence-corrected chi connectivity index (χ1v) is 9.38. The quantitative estimate of drug-likeness (QED) is 0.752. The number of halogens is 2. The number of amides is 1. The number of nitrogens with zero attached hydrogens (tertiary/aromatic N) is 4. The third kappa shape index (κ3) is 4.86. The van der Waals surface area contributed by atoms with E-state index < -0.39 is 0 Å². The van der Waals surface area contributed by atoms with Crippen molar-refractivity contribution in [3.8, 4) is 0 Å². The maximum atomic E-state index is 12.5. The summed E-state index contributed by atoms with van der Waals surface area (Å²) in [6.07, 6.45) is 4.49. The molecule has 2 saturated heterocycles. The van der Waals surface area contributed by atoms with Gasteiger partial charge in [0.05, 0.1) is 18.8 Å². The van der Waals surface area contributed by atoms with Crippen LogP contribution >= 0.6 is 24.8 Å². The standard InChI is InChI=1S/C19H28N4O2.2ClH/c1-21(2)17-13-23(12-16(17)14-3-4-14)18-6-5-15(11-20-18)19(24)22-7-9-25-10-8-22;;/h5-6,11,14,16-17H,3-4,7-10,12-13H2,1-2H3;2*1H/t16-,17+;;/m1../s1.